The second-order valence-corrected chi connectivity index (χ2v) is 4.56. The molecule has 2 rings (SSSR count). The van der Waals surface area contributed by atoms with E-state index in [0.29, 0.717) is 16.9 Å². The van der Waals surface area contributed by atoms with Crippen molar-refractivity contribution >= 4 is 17.5 Å². The standard InChI is InChI=1S/C14H13N3O5/c1-8-7-10(3-4-12(8)17(20)21)13(18)15-16-14(19)11-5-6-22-9(11)2/h3-7H,1-2H3,(H,15,18)(H,16,19). The van der Waals surface area contributed by atoms with Crippen LogP contribution in [-0.2, 0) is 0 Å². The van der Waals surface area contributed by atoms with E-state index in [0.717, 1.165) is 0 Å². The molecular weight excluding hydrogens is 290 g/mol. The summed E-state index contributed by atoms with van der Waals surface area (Å²) < 4.78 is 4.99. The van der Waals surface area contributed by atoms with Crippen molar-refractivity contribution in [2.75, 3.05) is 0 Å². The summed E-state index contributed by atoms with van der Waals surface area (Å²) in [6.07, 6.45) is 1.37. The lowest BCUT2D eigenvalue weighted by Gasteiger charge is -2.07. The van der Waals surface area contributed by atoms with Crippen LogP contribution in [0.1, 0.15) is 32.0 Å². The fraction of sp³-hybridized carbons (Fsp3) is 0.143. The summed E-state index contributed by atoms with van der Waals surface area (Å²) in [6, 6.07) is 5.41. The van der Waals surface area contributed by atoms with E-state index in [-0.39, 0.29) is 11.3 Å². The molecule has 8 nitrogen and oxygen atoms in total. The Labute approximate surface area is 125 Å². The fourth-order valence-corrected chi connectivity index (χ4v) is 1.88. The highest BCUT2D eigenvalue weighted by molar-refractivity contribution is 5.99. The van der Waals surface area contributed by atoms with Crippen molar-refractivity contribution in [3.63, 3.8) is 0 Å². The normalized spacial score (nSPS) is 10.1. The van der Waals surface area contributed by atoms with Crippen molar-refractivity contribution < 1.29 is 18.9 Å². The number of rotatable bonds is 3. The molecule has 1 heterocycles. The summed E-state index contributed by atoms with van der Waals surface area (Å²) in [5, 5.41) is 10.7. The predicted octanol–water partition coefficient (Wildman–Crippen LogP) is 1.88. The lowest BCUT2D eigenvalue weighted by molar-refractivity contribution is -0.385. The molecule has 8 heteroatoms. The fourth-order valence-electron chi connectivity index (χ4n) is 1.88. The van der Waals surface area contributed by atoms with Gasteiger partial charge in [-0.2, -0.15) is 0 Å². The van der Waals surface area contributed by atoms with Crippen LogP contribution < -0.4 is 10.9 Å². The molecule has 0 saturated heterocycles. The summed E-state index contributed by atoms with van der Waals surface area (Å²) in [4.78, 5) is 33.9. The Morgan fingerprint density at radius 3 is 2.36 bits per heavy atom. The number of furan rings is 1. The third kappa shape index (κ3) is 3.11. The lowest BCUT2D eigenvalue weighted by Crippen LogP contribution is -2.41. The maximum Gasteiger partial charge on any atom is 0.273 e. The Balaban J connectivity index is 2.04. The average Bonchev–Trinajstić information content (AvgIpc) is 2.90. The molecule has 0 bridgehead atoms. The maximum atomic E-state index is 11.9. The monoisotopic (exact) mass is 303 g/mol. The first kappa shape index (κ1) is 15.2. The average molecular weight is 303 g/mol. The van der Waals surface area contributed by atoms with E-state index in [4.69, 9.17) is 4.42 Å². The molecule has 114 valence electrons. The second kappa shape index (κ2) is 6.08. The molecule has 1 aromatic heterocycles. The zero-order valence-corrected chi connectivity index (χ0v) is 11.9. The van der Waals surface area contributed by atoms with Gasteiger partial charge in [0.25, 0.3) is 17.5 Å². The Morgan fingerprint density at radius 2 is 1.82 bits per heavy atom. The molecule has 2 N–H and O–H groups in total. The van der Waals surface area contributed by atoms with Gasteiger partial charge in [-0.1, -0.05) is 0 Å². The SMILES string of the molecule is Cc1cc(C(=O)NNC(=O)c2ccoc2C)ccc1[N+](=O)[O-]. The number of carbonyl (C=O) groups excluding carboxylic acids is 2. The third-order valence-electron chi connectivity index (χ3n) is 3.05. The third-order valence-corrected chi connectivity index (χ3v) is 3.05. The topological polar surface area (TPSA) is 114 Å². The Bertz CT molecular complexity index is 751. The molecule has 2 amide bonds. The van der Waals surface area contributed by atoms with Crippen LogP contribution in [0.2, 0.25) is 0 Å². The molecule has 0 saturated carbocycles. The van der Waals surface area contributed by atoms with E-state index in [1.54, 1.807) is 6.92 Å². The van der Waals surface area contributed by atoms with E-state index < -0.39 is 16.7 Å². The van der Waals surface area contributed by atoms with Crippen LogP contribution in [-0.4, -0.2) is 16.7 Å². The number of amides is 2. The Morgan fingerprint density at radius 1 is 1.14 bits per heavy atom. The first-order valence-electron chi connectivity index (χ1n) is 6.30. The summed E-state index contributed by atoms with van der Waals surface area (Å²) in [6.45, 7) is 3.15. The van der Waals surface area contributed by atoms with Crippen LogP contribution in [0.25, 0.3) is 0 Å². The molecule has 1 aromatic carbocycles. The molecule has 0 atom stereocenters. The van der Waals surface area contributed by atoms with E-state index in [9.17, 15) is 19.7 Å². The van der Waals surface area contributed by atoms with E-state index in [1.807, 2.05) is 0 Å². The molecule has 0 spiro atoms. The number of nitro groups is 1. The maximum absolute atomic E-state index is 11.9. The molecule has 22 heavy (non-hydrogen) atoms. The van der Waals surface area contributed by atoms with E-state index in [2.05, 4.69) is 10.9 Å². The quantitative estimate of drug-likeness (QED) is 0.663. The van der Waals surface area contributed by atoms with Gasteiger partial charge in [0, 0.05) is 17.2 Å². The number of aryl methyl sites for hydroxylation is 2. The lowest BCUT2D eigenvalue weighted by atomic mass is 10.1. The van der Waals surface area contributed by atoms with Gasteiger partial charge in [0.2, 0.25) is 0 Å². The minimum Gasteiger partial charge on any atom is -0.469 e. The zero-order chi connectivity index (χ0) is 16.3. The molecule has 0 radical (unpaired) electrons. The van der Waals surface area contributed by atoms with Crippen molar-refractivity contribution in [3.05, 3.63) is 63.1 Å². The van der Waals surface area contributed by atoms with Crippen molar-refractivity contribution in [1.29, 1.82) is 0 Å². The molecular formula is C14H13N3O5. The smallest absolute Gasteiger partial charge is 0.273 e. The van der Waals surface area contributed by atoms with Gasteiger partial charge in [-0.3, -0.25) is 30.6 Å². The van der Waals surface area contributed by atoms with Crippen LogP contribution in [0, 0.1) is 24.0 Å². The van der Waals surface area contributed by atoms with Crippen LogP contribution in [0.3, 0.4) is 0 Å². The highest BCUT2D eigenvalue weighted by Crippen LogP contribution is 2.18. The van der Waals surface area contributed by atoms with Gasteiger partial charge in [0.05, 0.1) is 16.7 Å². The number of hydrogen-bond donors (Lipinski definition) is 2. The Kier molecular flexibility index (Phi) is 4.21. The number of nitro benzene ring substituents is 1. The summed E-state index contributed by atoms with van der Waals surface area (Å²) in [5.74, 6) is -0.663. The first-order chi connectivity index (χ1) is 10.4. The Hall–Kier alpha value is -3.16. The van der Waals surface area contributed by atoms with Crippen molar-refractivity contribution in [2.24, 2.45) is 0 Å². The summed E-state index contributed by atoms with van der Waals surface area (Å²) in [7, 11) is 0. The zero-order valence-electron chi connectivity index (χ0n) is 11.9. The number of carbonyl (C=O) groups is 2. The van der Waals surface area contributed by atoms with Gasteiger partial charge >= 0.3 is 0 Å². The molecule has 2 aromatic rings. The summed E-state index contributed by atoms with van der Waals surface area (Å²) in [5.41, 5.74) is 5.28. The largest absolute Gasteiger partial charge is 0.469 e. The van der Waals surface area contributed by atoms with Crippen molar-refractivity contribution in [1.82, 2.24) is 10.9 Å². The van der Waals surface area contributed by atoms with Crippen molar-refractivity contribution in [2.45, 2.75) is 13.8 Å². The van der Waals surface area contributed by atoms with Gasteiger partial charge in [-0.25, -0.2) is 0 Å². The minimum atomic E-state index is -0.576. The molecule has 0 aliphatic carbocycles. The van der Waals surface area contributed by atoms with Crippen molar-refractivity contribution in [3.8, 4) is 0 Å². The van der Waals surface area contributed by atoms with Gasteiger partial charge in [0.1, 0.15) is 5.76 Å². The predicted molar refractivity (Wildman–Crippen MR) is 76.2 cm³/mol. The minimum absolute atomic E-state index is 0.0744. The van der Waals surface area contributed by atoms with Gasteiger partial charge < -0.3 is 4.42 Å². The molecule has 0 aliphatic heterocycles. The first-order valence-corrected chi connectivity index (χ1v) is 6.30. The summed E-state index contributed by atoms with van der Waals surface area (Å²) >= 11 is 0. The highest BCUT2D eigenvalue weighted by atomic mass is 16.6. The molecule has 0 unspecified atom stereocenters. The van der Waals surface area contributed by atoms with Gasteiger partial charge in [-0.15, -0.1) is 0 Å². The van der Waals surface area contributed by atoms with Crippen LogP contribution in [0.4, 0.5) is 5.69 Å². The second-order valence-electron chi connectivity index (χ2n) is 4.56. The van der Waals surface area contributed by atoms with Crippen LogP contribution in [0.15, 0.2) is 34.9 Å². The number of hydrogen-bond acceptors (Lipinski definition) is 5. The molecule has 0 fully saturated rings. The number of benzene rings is 1. The molecule has 0 aliphatic rings. The van der Waals surface area contributed by atoms with Gasteiger partial charge in [-0.05, 0) is 32.0 Å². The highest BCUT2D eigenvalue weighted by Gasteiger charge is 2.15. The number of hydrazine groups is 1. The number of nitrogens with one attached hydrogen (secondary N) is 2. The van der Waals surface area contributed by atoms with E-state index >= 15 is 0 Å². The van der Waals surface area contributed by atoms with E-state index in [1.165, 1.54) is 37.5 Å². The number of nitrogens with zero attached hydrogens (tertiary/aromatic N) is 1. The van der Waals surface area contributed by atoms with Crippen LogP contribution in [0.5, 0.6) is 0 Å². The van der Waals surface area contributed by atoms with Gasteiger partial charge in [0.15, 0.2) is 0 Å². The van der Waals surface area contributed by atoms with Crippen LogP contribution >= 0.6 is 0 Å².